The van der Waals surface area contributed by atoms with E-state index in [1.807, 2.05) is 6.07 Å². The lowest BCUT2D eigenvalue weighted by atomic mass is 10.0. The van der Waals surface area contributed by atoms with E-state index in [2.05, 4.69) is 44.8 Å². The number of hydrogen-bond acceptors (Lipinski definition) is 2. The Morgan fingerprint density at radius 3 is 2.46 bits per heavy atom. The molecule has 2 N–H and O–H groups in total. The summed E-state index contributed by atoms with van der Waals surface area (Å²) in [5.74, 6) is -0.874. The van der Waals surface area contributed by atoms with Gasteiger partial charge in [0.1, 0.15) is 0 Å². The molecule has 0 unspecified atom stereocenters. The van der Waals surface area contributed by atoms with E-state index < -0.39 is 11.6 Å². The number of anilines is 1. The van der Waals surface area contributed by atoms with Crippen LogP contribution in [0.4, 0.5) is 14.5 Å². The number of benzene rings is 2. The van der Waals surface area contributed by atoms with Gasteiger partial charge in [-0.1, -0.05) is 30.3 Å². The summed E-state index contributed by atoms with van der Waals surface area (Å²) in [6.07, 6.45) is 2.44. The molecule has 2 aromatic rings. The van der Waals surface area contributed by atoms with Gasteiger partial charge in [-0.25, -0.2) is 8.78 Å². The van der Waals surface area contributed by atoms with Crippen molar-refractivity contribution in [3.05, 3.63) is 65.7 Å². The minimum Gasteiger partial charge on any atom is -0.371 e. The molecule has 3 rings (SSSR count). The van der Waals surface area contributed by atoms with Gasteiger partial charge in [0.05, 0.1) is 0 Å². The first-order chi connectivity index (χ1) is 13.2. The van der Waals surface area contributed by atoms with E-state index in [-0.39, 0.29) is 24.0 Å². The summed E-state index contributed by atoms with van der Waals surface area (Å²) < 4.78 is 27.0. The molecule has 4 nitrogen and oxygen atoms in total. The van der Waals surface area contributed by atoms with Gasteiger partial charge in [-0.3, -0.25) is 4.99 Å². The lowest BCUT2D eigenvalue weighted by molar-refractivity contribution is 0.461. The highest BCUT2D eigenvalue weighted by atomic mass is 127. The third-order valence-electron chi connectivity index (χ3n) is 4.90. The fraction of sp³-hybridized carbons (Fsp3) is 0.381. The van der Waals surface area contributed by atoms with Crippen molar-refractivity contribution in [3.8, 4) is 0 Å². The molecular formula is C21H27F2IN4. The monoisotopic (exact) mass is 500 g/mol. The Labute approximate surface area is 182 Å². The maximum atomic E-state index is 13.7. The van der Waals surface area contributed by atoms with Crippen LogP contribution in [-0.2, 0) is 6.42 Å². The molecule has 0 saturated carbocycles. The summed E-state index contributed by atoms with van der Waals surface area (Å²) in [4.78, 5) is 6.63. The van der Waals surface area contributed by atoms with E-state index in [1.54, 1.807) is 13.1 Å². The van der Waals surface area contributed by atoms with Crippen LogP contribution >= 0.6 is 24.0 Å². The smallest absolute Gasteiger partial charge is 0.191 e. The fourth-order valence-corrected chi connectivity index (χ4v) is 3.37. The first-order valence-electron chi connectivity index (χ1n) is 9.37. The quantitative estimate of drug-likeness (QED) is 0.371. The van der Waals surface area contributed by atoms with Gasteiger partial charge in [-0.15, -0.1) is 24.0 Å². The van der Waals surface area contributed by atoms with Gasteiger partial charge < -0.3 is 15.5 Å². The summed E-state index contributed by atoms with van der Waals surface area (Å²) >= 11 is 0. The van der Waals surface area contributed by atoms with Crippen LogP contribution < -0.4 is 15.5 Å². The topological polar surface area (TPSA) is 39.7 Å². The normalized spacial score (nSPS) is 15.1. The molecule has 7 heteroatoms. The van der Waals surface area contributed by atoms with Crippen LogP contribution in [0.5, 0.6) is 0 Å². The van der Waals surface area contributed by atoms with Gasteiger partial charge in [0, 0.05) is 38.4 Å². The molecule has 0 amide bonds. The van der Waals surface area contributed by atoms with Gasteiger partial charge in [0.25, 0.3) is 0 Å². The number of para-hydroxylation sites is 1. The predicted octanol–water partition coefficient (Wildman–Crippen LogP) is 3.96. The summed E-state index contributed by atoms with van der Waals surface area (Å²) in [6, 6.07) is 15.1. The zero-order chi connectivity index (χ0) is 19.1. The highest BCUT2D eigenvalue weighted by molar-refractivity contribution is 14.0. The Morgan fingerprint density at radius 1 is 1.07 bits per heavy atom. The van der Waals surface area contributed by atoms with Gasteiger partial charge >= 0.3 is 0 Å². The van der Waals surface area contributed by atoms with E-state index in [0.29, 0.717) is 30.5 Å². The molecule has 2 aromatic carbocycles. The molecule has 1 saturated heterocycles. The Bertz CT molecular complexity index is 762. The Hall–Kier alpha value is -1.90. The molecule has 1 heterocycles. The van der Waals surface area contributed by atoms with Crippen molar-refractivity contribution in [1.82, 2.24) is 10.6 Å². The molecule has 0 bridgehead atoms. The molecule has 1 aliphatic rings. The SMILES string of the molecule is CN=C(NCCc1cccc(F)c1F)NC1CCN(c2ccccc2)CC1.I. The summed E-state index contributed by atoms with van der Waals surface area (Å²) in [7, 11) is 1.72. The van der Waals surface area contributed by atoms with Gasteiger partial charge in [0.2, 0.25) is 0 Å². The Morgan fingerprint density at radius 2 is 1.79 bits per heavy atom. The van der Waals surface area contributed by atoms with E-state index in [0.717, 1.165) is 32.0 Å². The summed E-state index contributed by atoms with van der Waals surface area (Å²) in [5, 5.41) is 6.63. The number of aliphatic imine (C=N–C) groups is 1. The lowest BCUT2D eigenvalue weighted by Crippen LogP contribution is -2.49. The molecule has 28 heavy (non-hydrogen) atoms. The molecule has 0 aromatic heterocycles. The van der Waals surface area contributed by atoms with E-state index >= 15 is 0 Å². The second-order valence-electron chi connectivity index (χ2n) is 6.70. The van der Waals surface area contributed by atoms with Crippen molar-refractivity contribution >= 4 is 35.6 Å². The highest BCUT2D eigenvalue weighted by Crippen LogP contribution is 2.19. The van der Waals surface area contributed by atoms with Gasteiger partial charge in [-0.2, -0.15) is 0 Å². The number of nitrogens with zero attached hydrogens (tertiary/aromatic N) is 2. The molecular weight excluding hydrogens is 473 g/mol. The summed E-state index contributed by atoms with van der Waals surface area (Å²) in [6.45, 7) is 2.48. The van der Waals surface area contributed by atoms with Gasteiger partial charge in [-0.05, 0) is 43.0 Å². The molecule has 1 fully saturated rings. The third kappa shape index (κ3) is 6.05. The zero-order valence-corrected chi connectivity index (χ0v) is 18.3. The van der Waals surface area contributed by atoms with Crippen LogP contribution in [0.25, 0.3) is 0 Å². The van der Waals surface area contributed by atoms with E-state index in [1.165, 1.54) is 11.8 Å². The van der Waals surface area contributed by atoms with Crippen molar-refractivity contribution in [2.24, 2.45) is 4.99 Å². The zero-order valence-electron chi connectivity index (χ0n) is 16.0. The second-order valence-corrected chi connectivity index (χ2v) is 6.70. The lowest BCUT2D eigenvalue weighted by Gasteiger charge is -2.34. The average molecular weight is 500 g/mol. The van der Waals surface area contributed by atoms with Crippen LogP contribution in [0.2, 0.25) is 0 Å². The number of guanidine groups is 1. The van der Waals surface area contributed by atoms with Crippen LogP contribution in [0, 0.1) is 11.6 Å². The second kappa shape index (κ2) is 11.2. The molecule has 1 aliphatic heterocycles. The molecule has 0 aliphatic carbocycles. The standard InChI is InChI=1S/C21H26F2N4.HI/c1-24-21(25-13-10-16-6-5-9-19(22)20(16)23)26-17-11-14-27(15-12-17)18-7-3-2-4-8-18;/h2-9,17H,10-15H2,1H3,(H2,24,25,26);1H. The largest absolute Gasteiger partial charge is 0.371 e. The minimum absolute atomic E-state index is 0. The highest BCUT2D eigenvalue weighted by Gasteiger charge is 2.20. The van der Waals surface area contributed by atoms with E-state index in [4.69, 9.17) is 0 Å². The average Bonchev–Trinajstić information content (AvgIpc) is 2.71. The first-order valence-corrected chi connectivity index (χ1v) is 9.37. The van der Waals surface area contributed by atoms with Crippen LogP contribution in [-0.4, -0.2) is 38.7 Å². The van der Waals surface area contributed by atoms with Crippen molar-refractivity contribution < 1.29 is 8.78 Å². The van der Waals surface area contributed by atoms with Crippen molar-refractivity contribution in [2.45, 2.75) is 25.3 Å². The number of hydrogen-bond donors (Lipinski definition) is 2. The molecule has 152 valence electrons. The maximum Gasteiger partial charge on any atom is 0.191 e. The predicted molar refractivity (Wildman–Crippen MR) is 122 cm³/mol. The number of piperidine rings is 1. The molecule has 0 atom stereocenters. The van der Waals surface area contributed by atoms with Crippen LogP contribution in [0.3, 0.4) is 0 Å². The Balaban J connectivity index is 0.00000280. The number of rotatable bonds is 5. The minimum atomic E-state index is -0.805. The summed E-state index contributed by atoms with van der Waals surface area (Å²) in [5.41, 5.74) is 1.63. The van der Waals surface area contributed by atoms with Gasteiger partial charge in [0.15, 0.2) is 17.6 Å². The first kappa shape index (κ1) is 22.4. The van der Waals surface area contributed by atoms with Crippen LogP contribution in [0.1, 0.15) is 18.4 Å². The van der Waals surface area contributed by atoms with E-state index in [9.17, 15) is 8.78 Å². The third-order valence-corrected chi connectivity index (χ3v) is 4.90. The maximum absolute atomic E-state index is 13.7. The Kier molecular flexibility index (Phi) is 8.95. The van der Waals surface area contributed by atoms with Crippen LogP contribution in [0.15, 0.2) is 53.5 Å². The van der Waals surface area contributed by atoms with Crippen molar-refractivity contribution in [3.63, 3.8) is 0 Å². The molecule has 0 spiro atoms. The number of halogens is 3. The number of nitrogens with one attached hydrogen (secondary N) is 2. The molecule has 0 radical (unpaired) electrons. The fourth-order valence-electron chi connectivity index (χ4n) is 3.37. The van der Waals surface area contributed by atoms with Crippen molar-refractivity contribution in [1.29, 1.82) is 0 Å². The van der Waals surface area contributed by atoms with Crippen molar-refractivity contribution in [2.75, 3.05) is 31.6 Å².